The highest BCUT2D eigenvalue weighted by atomic mass is 15.1. The van der Waals surface area contributed by atoms with Crippen LogP contribution in [0.4, 0.5) is 0 Å². The first-order chi connectivity index (χ1) is 7.79. The molecular weight excluding hydrogens is 212 g/mol. The van der Waals surface area contributed by atoms with Gasteiger partial charge in [-0.25, -0.2) is 0 Å². The lowest BCUT2D eigenvalue weighted by Gasteiger charge is -2.14. The van der Waals surface area contributed by atoms with Crippen molar-refractivity contribution in [3.8, 4) is 0 Å². The summed E-state index contributed by atoms with van der Waals surface area (Å²) in [5.41, 5.74) is 0.918. The molecule has 1 aliphatic rings. The summed E-state index contributed by atoms with van der Waals surface area (Å²) in [4.78, 5) is 8.64. The van der Waals surface area contributed by atoms with E-state index in [1.165, 1.54) is 6.34 Å². The van der Waals surface area contributed by atoms with E-state index >= 15 is 0 Å². The Morgan fingerprint density at radius 3 is 2.71 bits per heavy atom. The quantitative estimate of drug-likeness (QED) is 0.669. The Morgan fingerprint density at radius 1 is 1.35 bits per heavy atom. The van der Waals surface area contributed by atoms with Crippen LogP contribution < -0.4 is 0 Å². The minimum atomic E-state index is -0.238. The fourth-order valence-electron chi connectivity index (χ4n) is 1.32. The molecule has 17 heavy (non-hydrogen) atoms. The topological polar surface area (TPSA) is 49.4 Å². The van der Waals surface area contributed by atoms with Gasteiger partial charge in [-0.1, -0.05) is 20.8 Å². The third kappa shape index (κ3) is 6.09. The number of hydrogen-bond donors (Lipinski definition) is 0. The van der Waals surface area contributed by atoms with E-state index in [4.69, 9.17) is 0 Å². The summed E-state index contributed by atoms with van der Waals surface area (Å²) in [7, 11) is 0. The molecule has 0 N–H and O–H groups in total. The van der Waals surface area contributed by atoms with Crippen molar-refractivity contribution in [2.45, 2.75) is 46.6 Å². The number of nitrogens with zero attached hydrogens (tertiary/aromatic N) is 4. The highest BCUT2D eigenvalue weighted by Crippen LogP contribution is 2.18. The van der Waals surface area contributed by atoms with E-state index in [0.717, 1.165) is 12.1 Å². The third-order valence-electron chi connectivity index (χ3n) is 2.23. The van der Waals surface area contributed by atoms with Gasteiger partial charge >= 0.3 is 0 Å². The van der Waals surface area contributed by atoms with Gasteiger partial charge in [0, 0.05) is 0 Å². The van der Waals surface area contributed by atoms with Crippen molar-refractivity contribution in [1.29, 1.82) is 0 Å². The lowest BCUT2D eigenvalue weighted by Crippen LogP contribution is -2.13. The molecule has 0 spiro atoms. The molecule has 0 amide bonds. The number of azo groups is 1. The van der Waals surface area contributed by atoms with Gasteiger partial charge in [-0.3, -0.25) is 9.98 Å². The summed E-state index contributed by atoms with van der Waals surface area (Å²) in [5, 5.41) is 7.94. The predicted molar refractivity (Wildman–Crippen MR) is 72.9 cm³/mol. The molecule has 0 atom stereocenters. The van der Waals surface area contributed by atoms with Crippen molar-refractivity contribution in [2.75, 3.05) is 6.54 Å². The third-order valence-corrected chi connectivity index (χ3v) is 2.23. The molecule has 0 saturated heterocycles. The van der Waals surface area contributed by atoms with Crippen LogP contribution in [0.5, 0.6) is 0 Å². The van der Waals surface area contributed by atoms with Crippen LogP contribution in [0.15, 0.2) is 32.0 Å². The van der Waals surface area contributed by atoms with Crippen molar-refractivity contribution in [3.63, 3.8) is 0 Å². The van der Waals surface area contributed by atoms with E-state index < -0.39 is 0 Å². The minimum absolute atomic E-state index is 0.238. The van der Waals surface area contributed by atoms with Crippen molar-refractivity contribution in [2.24, 2.45) is 25.6 Å². The van der Waals surface area contributed by atoms with Gasteiger partial charge in [0.15, 0.2) is 0 Å². The van der Waals surface area contributed by atoms with Crippen LogP contribution in [0, 0.1) is 5.41 Å². The normalized spacial score (nSPS) is 19.5. The Labute approximate surface area is 104 Å². The van der Waals surface area contributed by atoms with E-state index in [-0.39, 0.29) is 11.0 Å². The molecule has 0 unspecified atom stereocenters. The second-order valence-electron chi connectivity index (χ2n) is 6.04. The molecule has 0 aromatic rings. The number of aliphatic imine (C=N–C) groups is 2. The van der Waals surface area contributed by atoms with Crippen LogP contribution in [-0.2, 0) is 0 Å². The fraction of sp³-hybridized carbons (Fsp3) is 0.692. The summed E-state index contributed by atoms with van der Waals surface area (Å²) < 4.78 is 0. The van der Waals surface area contributed by atoms with Gasteiger partial charge in [0.2, 0.25) is 0 Å². The van der Waals surface area contributed by atoms with Crippen molar-refractivity contribution in [3.05, 3.63) is 11.8 Å². The lowest BCUT2D eigenvalue weighted by atomic mass is 9.93. The summed E-state index contributed by atoms with van der Waals surface area (Å²) in [6, 6.07) is 0. The van der Waals surface area contributed by atoms with Crippen molar-refractivity contribution >= 4 is 12.6 Å². The summed E-state index contributed by atoms with van der Waals surface area (Å²) in [6.07, 6.45) is 6.45. The zero-order valence-corrected chi connectivity index (χ0v) is 11.4. The maximum absolute atomic E-state index is 4.39. The molecule has 1 rings (SSSR count). The Bertz CT molecular complexity index is 367. The number of hydrogen-bond acceptors (Lipinski definition) is 4. The number of rotatable bonds is 3. The van der Waals surface area contributed by atoms with E-state index in [9.17, 15) is 0 Å². The van der Waals surface area contributed by atoms with Crippen molar-refractivity contribution in [1.82, 2.24) is 0 Å². The maximum atomic E-state index is 4.39. The molecular formula is C13H22N4. The van der Waals surface area contributed by atoms with E-state index in [1.54, 1.807) is 0 Å². The standard InChI is InChI=1S/C13H22N4/c1-12(2,3)6-7-14-9-11-8-13(4,5)15-10-16-17-11/h7-8,10H,6,9H2,1-5H3. The predicted octanol–water partition coefficient (Wildman–Crippen LogP) is 3.65. The van der Waals surface area contributed by atoms with Gasteiger partial charge in [0.1, 0.15) is 6.34 Å². The Kier molecular flexibility index (Phi) is 4.32. The van der Waals surface area contributed by atoms with Gasteiger partial charge in [0.05, 0.1) is 17.8 Å². The van der Waals surface area contributed by atoms with Crippen LogP contribution in [0.2, 0.25) is 0 Å². The van der Waals surface area contributed by atoms with Gasteiger partial charge in [-0.15, -0.1) is 5.11 Å². The highest BCUT2D eigenvalue weighted by Gasteiger charge is 2.14. The molecule has 0 aliphatic carbocycles. The molecule has 0 bridgehead atoms. The van der Waals surface area contributed by atoms with Crippen LogP contribution in [-0.4, -0.2) is 24.6 Å². The summed E-state index contributed by atoms with van der Waals surface area (Å²) in [6.45, 7) is 11.2. The van der Waals surface area contributed by atoms with Gasteiger partial charge in [0.25, 0.3) is 0 Å². The second kappa shape index (κ2) is 5.34. The van der Waals surface area contributed by atoms with Gasteiger partial charge in [-0.2, -0.15) is 5.11 Å². The molecule has 1 aliphatic heterocycles. The van der Waals surface area contributed by atoms with Crippen LogP contribution in [0.3, 0.4) is 0 Å². The molecule has 4 heteroatoms. The Morgan fingerprint density at radius 2 is 2.06 bits per heavy atom. The first-order valence-electron chi connectivity index (χ1n) is 5.93. The summed E-state index contributed by atoms with van der Waals surface area (Å²) in [5.74, 6) is 0. The van der Waals surface area contributed by atoms with Crippen molar-refractivity contribution < 1.29 is 0 Å². The monoisotopic (exact) mass is 234 g/mol. The highest BCUT2D eigenvalue weighted by molar-refractivity contribution is 5.59. The Balaban J connectivity index is 2.55. The zero-order valence-electron chi connectivity index (χ0n) is 11.4. The lowest BCUT2D eigenvalue weighted by molar-refractivity contribution is 0.437. The average Bonchev–Trinajstić information content (AvgIpc) is 2.32. The molecule has 0 saturated carbocycles. The molecule has 0 aromatic heterocycles. The Hall–Kier alpha value is -1.32. The maximum Gasteiger partial charge on any atom is 0.133 e. The van der Waals surface area contributed by atoms with E-state index in [2.05, 4.69) is 41.0 Å². The minimum Gasteiger partial charge on any atom is -0.291 e. The van der Waals surface area contributed by atoms with E-state index in [0.29, 0.717) is 6.54 Å². The molecule has 94 valence electrons. The zero-order chi connectivity index (χ0) is 12.9. The largest absolute Gasteiger partial charge is 0.291 e. The van der Waals surface area contributed by atoms with Gasteiger partial charge in [-0.05, 0) is 38.0 Å². The molecule has 0 radical (unpaired) electrons. The first kappa shape index (κ1) is 13.7. The first-order valence-corrected chi connectivity index (χ1v) is 5.93. The average molecular weight is 234 g/mol. The smallest absolute Gasteiger partial charge is 0.133 e. The fourth-order valence-corrected chi connectivity index (χ4v) is 1.32. The van der Waals surface area contributed by atoms with Crippen LogP contribution in [0.25, 0.3) is 0 Å². The van der Waals surface area contributed by atoms with E-state index in [1.807, 2.05) is 26.1 Å². The molecule has 4 nitrogen and oxygen atoms in total. The molecule has 0 fully saturated rings. The molecule has 1 heterocycles. The van der Waals surface area contributed by atoms with Gasteiger partial charge < -0.3 is 0 Å². The summed E-state index contributed by atoms with van der Waals surface area (Å²) >= 11 is 0. The van der Waals surface area contributed by atoms with Crippen LogP contribution >= 0.6 is 0 Å². The second-order valence-corrected chi connectivity index (χ2v) is 6.04. The SMILES string of the molecule is CC(C)(C)CC=NCC1=CC(C)(C)N=CN=N1. The van der Waals surface area contributed by atoms with Crippen LogP contribution in [0.1, 0.15) is 41.0 Å². The molecule has 0 aromatic carbocycles.